The number of likely N-dealkylation sites (tertiary alicyclic amines) is 1. The highest BCUT2D eigenvalue weighted by atomic mass is 19.4. The highest BCUT2D eigenvalue weighted by Gasteiger charge is 2.58. The topological polar surface area (TPSA) is 50.2 Å². The lowest BCUT2D eigenvalue weighted by Crippen LogP contribution is -2.36. The first-order chi connectivity index (χ1) is 16.7. The third kappa shape index (κ3) is 5.24. The van der Waals surface area contributed by atoms with Crippen LogP contribution in [0.25, 0.3) is 5.69 Å². The first-order valence-electron chi connectivity index (χ1n) is 11.7. The Morgan fingerprint density at radius 2 is 1.83 bits per heavy atom. The predicted molar refractivity (Wildman–Crippen MR) is 122 cm³/mol. The highest BCUT2D eigenvalue weighted by Crippen LogP contribution is 2.59. The molecule has 1 aliphatic carbocycles. The number of amides is 1. The predicted octanol–water partition coefficient (Wildman–Crippen LogP) is 4.95. The fourth-order valence-corrected chi connectivity index (χ4v) is 5.03. The number of alkyl halides is 3. The van der Waals surface area contributed by atoms with Crippen LogP contribution in [0.1, 0.15) is 36.0 Å². The van der Waals surface area contributed by atoms with E-state index in [9.17, 15) is 22.4 Å². The fourth-order valence-electron chi connectivity index (χ4n) is 5.03. The number of nitrogens with one attached hydrogen (secondary N) is 1. The average molecular weight is 487 g/mol. The van der Waals surface area contributed by atoms with Crippen LogP contribution >= 0.6 is 0 Å². The molecule has 1 aliphatic heterocycles. The van der Waals surface area contributed by atoms with E-state index in [4.69, 9.17) is 0 Å². The maximum atomic E-state index is 13.1. The Morgan fingerprint density at radius 3 is 2.54 bits per heavy atom. The van der Waals surface area contributed by atoms with E-state index in [0.29, 0.717) is 5.56 Å². The molecule has 2 heterocycles. The van der Waals surface area contributed by atoms with Gasteiger partial charge in [-0.3, -0.25) is 9.69 Å². The summed E-state index contributed by atoms with van der Waals surface area (Å²) in [5, 5.41) is 7.20. The van der Waals surface area contributed by atoms with Crippen molar-refractivity contribution in [3.05, 3.63) is 83.4 Å². The van der Waals surface area contributed by atoms with Crippen molar-refractivity contribution in [3.63, 3.8) is 0 Å². The molecule has 9 heteroatoms. The summed E-state index contributed by atoms with van der Waals surface area (Å²) in [4.78, 5) is 15.0. The molecule has 1 aromatic heterocycles. The van der Waals surface area contributed by atoms with E-state index in [2.05, 4.69) is 15.3 Å². The zero-order chi connectivity index (χ0) is 24.6. The van der Waals surface area contributed by atoms with Crippen molar-refractivity contribution in [2.24, 2.45) is 11.3 Å². The molecule has 5 rings (SSSR count). The van der Waals surface area contributed by atoms with Crippen molar-refractivity contribution in [2.75, 3.05) is 13.1 Å². The van der Waals surface area contributed by atoms with Crippen LogP contribution in [0.2, 0.25) is 0 Å². The molecule has 0 radical (unpaired) electrons. The number of carbonyl (C=O) groups excluding carboxylic acids is 1. The summed E-state index contributed by atoms with van der Waals surface area (Å²) >= 11 is 0. The molecule has 1 saturated carbocycles. The summed E-state index contributed by atoms with van der Waals surface area (Å²) in [6.45, 7) is 2.60. The largest absolute Gasteiger partial charge is 0.416 e. The van der Waals surface area contributed by atoms with Gasteiger partial charge in [0.15, 0.2) is 0 Å². The third-order valence-electron chi connectivity index (χ3n) is 7.21. The number of halogens is 4. The first-order valence-corrected chi connectivity index (χ1v) is 11.7. The van der Waals surface area contributed by atoms with Gasteiger partial charge in [0.25, 0.3) is 0 Å². The number of hydrogen-bond donors (Lipinski definition) is 1. The molecule has 35 heavy (non-hydrogen) atoms. The molecule has 1 atom stereocenters. The zero-order valence-electron chi connectivity index (χ0n) is 19.1. The molecule has 2 fully saturated rings. The van der Waals surface area contributed by atoms with Crippen molar-refractivity contribution in [3.8, 4) is 5.69 Å². The molecule has 2 aliphatic rings. The van der Waals surface area contributed by atoms with Gasteiger partial charge in [-0.1, -0.05) is 12.1 Å². The number of aromatic nitrogens is 2. The molecular weight excluding hydrogens is 460 g/mol. The molecular formula is C26H26F4N4O. The summed E-state index contributed by atoms with van der Waals surface area (Å²) in [6, 6.07) is 11.2. The summed E-state index contributed by atoms with van der Waals surface area (Å²) < 4.78 is 53.6. The summed E-state index contributed by atoms with van der Waals surface area (Å²) in [5.41, 5.74) is 1.61. The number of rotatable bonds is 6. The molecule has 184 valence electrons. The lowest BCUT2D eigenvalue weighted by Gasteiger charge is -2.32. The quantitative estimate of drug-likeness (QED) is 0.502. The molecule has 1 saturated heterocycles. The van der Waals surface area contributed by atoms with Crippen LogP contribution in [0.15, 0.2) is 60.9 Å². The van der Waals surface area contributed by atoms with Gasteiger partial charge in [-0.15, -0.1) is 0 Å². The molecule has 5 nitrogen and oxygen atoms in total. The lowest BCUT2D eigenvalue weighted by molar-refractivity contribution is -0.137. The van der Waals surface area contributed by atoms with Gasteiger partial charge in [0.05, 0.1) is 17.4 Å². The van der Waals surface area contributed by atoms with E-state index >= 15 is 0 Å². The number of hydrogen-bond acceptors (Lipinski definition) is 3. The highest BCUT2D eigenvalue weighted by molar-refractivity contribution is 5.82. The standard InChI is InChI=1S/C26H26F4N4O/c27-21-4-6-22(7-5-21)34-17-19(15-32-34)16-33-10-8-25(9-11-33)13-23(25)24(35)31-14-18-2-1-3-20(12-18)26(28,29)30/h1-7,12,15,17,23H,8-11,13-14,16H2,(H,31,35)/t23-/m1/s1. The molecule has 1 amide bonds. The third-order valence-corrected chi connectivity index (χ3v) is 7.21. The monoisotopic (exact) mass is 486 g/mol. The normalized spacial score (nSPS) is 19.6. The molecule has 2 aromatic carbocycles. The Morgan fingerprint density at radius 1 is 1.09 bits per heavy atom. The molecule has 0 unspecified atom stereocenters. The van der Waals surface area contributed by atoms with Crippen LogP contribution in [-0.4, -0.2) is 33.7 Å². The van der Waals surface area contributed by atoms with E-state index in [-0.39, 0.29) is 29.6 Å². The summed E-state index contributed by atoms with van der Waals surface area (Å²) in [7, 11) is 0. The van der Waals surface area contributed by atoms with Gasteiger partial charge < -0.3 is 5.32 Å². The minimum absolute atomic E-state index is 0.00664. The summed E-state index contributed by atoms with van der Waals surface area (Å²) in [6.07, 6.45) is 2.03. The van der Waals surface area contributed by atoms with Crippen LogP contribution in [0, 0.1) is 17.2 Å². The number of benzene rings is 2. The van der Waals surface area contributed by atoms with E-state index < -0.39 is 11.7 Å². The van der Waals surface area contributed by atoms with Gasteiger partial charge in [0.1, 0.15) is 5.82 Å². The van der Waals surface area contributed by atoms with Crippen molar-refractivity contribution >= 4 is 5.91 Å². The van der Waals surface area contributed by atoms with Crippen LogP contribution in [0.3, 0.4) is 0 Å². The van der Waals surface area contributed by atoms with Gasteiger partial charge in [-0.25, -0.2) is 9.07 Å². The maximum Gasteiger partial charge on any atom is 0.416 e. The van der Waals surface area contributed by atoms with Crippen molar-refractivity contribution in [2.45, 2.75) is 38.5 Å². The van der Waals surface area contributed by atoms with Crippen LogP contribution in [0.5, 0.6) is 0 Å². The second-order valence-corrected chi connectivity index (χ2v) is 9.58. The van der Waals surface area contributed by atoms with Crippen molar-refractivity contribution in [1.82, 2.24) is 20.0 Å². The number of piperidine rings is 1. The summed E-state index contributed by atoms with van der Waals surface area (Å²) in [5.74, 6) is -0.431. The second-order valence-electron chi connectivity index (χ2n) is 9.58. The van der Waals surface area contributed by atoms with Crippen LogP contribution in [0.4, 0.5) is 17.6 Å². The van der Waals surface area contributed by atoms with E-state index in [1.54, 1.807) is 22.9 Å². The van der Waals surface area contributed by atoms with Crippen LogP contribution in [-0.2, 0) is 24.1 Å². The number of nitrogens with zero attached hydrogens (tertiary/aromatic N) is 3. The minimum atomic E-state index is -4.39. The van der Waals surface area contributed by atoms with Gasteiger partial charge >= 0.3 is 6.18 Å². The smallest absolute Gasteiger partial charge is 0.352 e. The Labute approximate surface area is 200 Å². The maximum absolute atomic E-state index is 13.1. The van der Waals surface area contributed by atoms with E-state index in [1.807, 2.05) is 12.4 Å². The zero-order valence-corrected chi connectivity index (χ0v) is 19.1. The van der Waals surface area contributed by atoms with E-state index in [0.717, 1.165) is 62.3 Å². The Hall–Kier alpha value is -3.20. The van der Waals surface area contributed by atoms with Crippen LogP contribution < -0.4 is 5.32 Å². The molecule has 1 N–H and O–H groups in total. The second kappa shape index (κ2) is 9.11. The van der Waals surface area contributed by atoms with E-state index in [1.165, 1.54) is 18.2 Å². The van der Waals surface area contributed by atoms with Gasteiger partial charge in [-0.05, 0) is 79.7 Å². The minimum Gasteiger partial charge on any atom is -0.352 e. The molecule has 3 aromatic rings. The van der Waals surface area contributed by atoms with Gasteiger partial charge in [0.2, 0.25) is 5.91 Å². The Kier molecular flexibility index (Phi) is 6.13. The van der Waals surface area contributed by atoms with Crippen molar-refractivity contribution in [1.29, 1.82) is 0 Å². The molecule has 0 bridgehead atoms. The van der Waals surface area contributed by atoms with Gasteiger partial charge in [-0.2, -0.15) is 18.3 Å². The van der Waals surface area contributed by atoms with Crippen molar-refractivity contribution < 1.29 is 22.4 Å². The Balaban J connectivity index is 1.10. The lowest BCUT2D eigenvalue weighted by atomic mass is 9.90. The van der Waals surface area contributed by atoms with Gasteiger partial charge in [0, 0.05) is 30.8 Å². The SMILES string of the molecule is O=C(NCc1cccc(C(F)(F)F)c1)[C@H]1CC12CCN(Cc1cnn(-c3ccc(F)cc3)c1)CC2. The Bertz CT molecular complexity index is 1200. The average Bonchev–Trinajstić information content (AvgIpc) is 3.34. The number of carbonyl (C=O) groups is 1. The first kappa shape index (κ1) is 23.5. The fraction of sp³-hybridized carbons (Fsp3) is 0.385. The molecule has 1 spiro atoms.